The summed E-state index contributed by atoms with van der Waals surface area (Å²) in [5.41, 5.74) is -0.203. The third-order valence-corrected chi connectivity index (χ3v) is 5.67. The van der Waals surface area contributed by atoms with E-state index >= 15 is 0 Å². The maximum atomic E-state index is 12.7. The van der Waals surface area contributed by atoms with Gasteiger partial charge < -0.3 is 20.3 Å². The SMILES string of the molecule is CCN(CC(=O)Nc1cccc(OC)c1)C(=O)CCN1C(=O)NC2(CCCC2)C1=O. The number of hydrogen-bond acceptors (Lipinski definition) is 5. The average Bonchev–Trinajstić information content (AvgIpc) is 3.29. The number of methoxy groups -OCH3 is 1. The number of anilines is 1. The van der Waals surface area contributed by atoms with Gasteiger partial charge >= 0.3 is 6.03 Å². The molecular weight excluding hydrogens is 388 g/mol. The van der Waals surface area contributed by atoms with E-state index in [-0.39, 0.29) is 37.2 Å². The average molecular weight is 416 g/mol. The molecule has 9 heteroatoms. The van der Waals surface area contributed by atoms with Gasteiger partial charge in [-0.15, -0.1) is 0 Å². The Morgan fingerprint density at radius 1 is 1.27 bits per heavy atom. The normalized spacial score (nSPS) is 17.2. The van der Waals surface area contributed by atoms with Crippen molar-refractivity contribution in [3.8, 4) is 5.75 Å². The fourth-order valence-electron chi connectivity index (χ4n) is 4.01. The van der Waals surface area contributed by atoms with E-state index in [1.54, 1.807) is 38.3 Å². The highest BCUT2D eigenvalue weighted by Crippen LogP contribution is 2.35. The van der Waals surface area contributed by atoms with Crippen LogP contribution in [0.4, 0.5) is 10.5 Å². The van der Waals surface area contributed by atoms with Gasteiger partial charge in [-0.3, -0.25) is 19.3 Å². The van der Waals surface area contributed by atoms with E-state index in [4.69, 9.17) is 4.74 Å². The van der Waals surface area contributed by atoms with Gasteiger partial charge in [-0.25, -0.2) is 4.79 Å². The number of benzene rings is 1. The molecule has 1 saturated carbocycles. The zero-order valence-corrected chi connectivity index (χ0v) is 17.4. The molecule has 2 N–H and O–H groups in total. The molecule has 9 nitrogen and oxygen atoms in total. The first-order valence-electron chi connectivity index (χ1n) is 10.2. The predicted molar refractivity (Wildman–Crippen MR) is 110 cm³/mol. The van der Waals surface area contributed by atoms with E-state index in [2.05, 4.69) is 10.6 Å². The first-order valence-corrected chi connectivity index (χ1v) is 10.2. The number of nitrogens with zero attached hydrogens (tertiary/aromatic N) is 2. The highest BCUT2D eigenvalue weighted by atomic mass is 16.5. The van der Waals surface area contributed by atoms with Crippen molar-refractivity contribution in [3.63, 3.8) is 0 Å². The first-order chi connectivity index (χ1) is 14.4. The Morgan fingerprint density at radius 3 is 2.67 bits per heavy atom. The van der Waals surface area contributed by atoms with Crippen molar-refractivity contribution in [2.45, 2.75) is 44.6 Å². The lowest BCUT2D eigenvalue weighted by Crippen LogP contribution is -2.44. The molecule has 1 saturated heterocycles. The number of carbonyl (C=O) groups is 4. The largest absolute Gasteiger partial charge is 0.497 e. The molecule has 3 rings (SSSR count). The number of nitrogens with one attached hydrogen (secondary N) is 2. The molecule has 5 amide bonds. The number of imide groups is 1. The summed E-state index contributed by atoms with van der Waals surface area (Å²) in [6.07, 6.45) is 3.09. The zero-order chi connectivity index (χ0) is 21.7. The summed E-state index contributed by atoms with van der Waals surface area (Å²) in [5.74, 6) is -0.244. The van der Waals surface area contributed by atoms with Crippen molar-refractivity contribution in [2.24, 2.45) is 0 Å². The summed E-state index contributed by atoms with van der Waals surface area (Å²) in [6, 6.07) is 6.50. The molecule has 0 unspecified atom stereocenters. The topological polar surface area (TPSA) is 108 Å². The number of ether oxygens (including phenoxy) is 1. The van der Waals surface area contributed by atoms with Crippen LogP contribution >= 0.6 is 0 Å². The molecule has 1 aromatic rings. The number of likely N-dealkylation sites (N-methyl/N-ethyl adjacent to an activating group) is 1. The molecule has 30 heavy (non-hydrogen) atoms. The van der Waals surface area contributed by atoms with E-state index in [9.17, 15) is 19.2 Å². The Morgan fingerprint density at radius 2 is 2.00 bits per heavy atom. The minimum Gasteiger partial charge on any atom is -0.497 e. The summed E-state index contributed by atoms with van der Waals surface area (Å²) in [5, 5.41) is 5.54. The summed E-state index contributed by atoms with van der Waals surface area (Å²) >= 11 is 0. The molecule has 1 heterocycles. The highest BCUT2D eigenvalue weighted by Gasteiger charge is 2.52. The molecular formula is C21H28N4O5. The van der Waals surface area contributed by atoms with Crippen LogP contribution in [0, 0.1) is 0 Å². The van der Waals surface area contributed by atoms with Crippen LogP contribution in [-0.2, 0) is 14.4 Å². The van der Waals surface area contributed by atoms with Crippen LogP contribution in [0.15, 0.2) is 24.3 Å². The van der Waals surface area contributed by atoms with Gasteiger partial charge in [0.15, 0.2) is 0 Å². The number of rotatable bonds is 8. The van der Waals surface area contributed by atoms with Crippen molar-refractivity contribution >= 4 is 29.4 Å². The molecule has 2 aliphatic rings. The number of hydrogen-bond donors (Lipinski definition) is 2. The van der Waals surface area contributed by atoms with Crippen LogP contribution in [0.5, 0.6) is 5.75 Å². The van der Waals surface area contributed by atoms with Crippen LogP contribution in [-0.4, -0.2) is 65.8 Å². The summed E-state index contributed by atoms with van der Waals surface area (Å²) in [7, 11) is 1.54. The van der Waals surface area contributed by atoms with Crippen LogP contribution in [0.1, 0.15) is 39.0 Å². The molecule has 162 valence electrons. The Bertz CT molecular complexity index is 834. The van der Waals surface area contributed by atoms with E-state index in [0.717, 1.165) is 17.7 Å². The van der Waals surface area contributed by atoms with E-state index in [0.29, 0.717) is 30.8 Å². The van der Waals surface area contributed by atoms with Gasteiger partial charge in [0.25, 0.3) is 5.91 Å². The monoisotopic (exact) mass is 416 g/mol. The van der Waals surface area contributed by atoms with Gasteiger partial charge in [0.1, 0.15) is 11.3 Å². The van der Waals surface area contributed by atoms with Crippen LogP contribution in [0.3, 0.4) is 0 Å². The summed E-state index contributed by atoms with van der Waals surface area (Å²) in [4.78, 5) is 52.4. The van der Waals surface area contributed by atoms with Gasteiger partial charge in [-0.2, -0.15) is 0 Å². The second kappa shape index (κ2) is 9.15. The lowest BCUT2D eigenvalue weighted by atomic mass is 9.98. The lowest BCUT2D eigenvalue weighted by molar-refractivity contribution is -0.136. The second-order valence-electron chi connectivity index (χ2n) is 7.61. The van der Waals surface area contributed by atoms with E-state index in [1.807, 2.05) is 0 Å². The minimum absolute atomic E-state index is 0.0131. The molecule has 2 fully saturated rings. The van der Waals surface area contributed by atoms with Gasteiger partial charge in [0.05, 0.1) is 13.7 Å². The Labute approximate surface area is 175 Å². The second-order valence-corrected chi connectivity index (χ2v) is 7.61. The zero-order valence-electron chi connectivity index (χ0n) is 17.4. The maximum absolute atomic E-state index is 12.7. The molecule has 1 aliphatic carbocycles. The quantitative estimate of drug-likeness (QED) is 0.628. The number of carbonyl (C=O) groups excluding carboxylic acids is 4. The Kier molecular flexibility index (Phi) is 6.59. The van der Waals surface area contributed by atoms with Gasteiger partial charge in [0.2, 0.25) is 11.8 Å². The fourth-order valence-corrected chi connectivity index (χ4v) is 4.01. The molecule has 0 bridgehead atoms. The minimum atomic E-state index is -0.777. The lowest BCUT2D eigenvalue weighted by Gasteiger charge is -2.22. The van der Waals surface area contributed by atoms with Crippen molar-refractivity contribution in [3.05, 3.63) is 24.3 Å². The summed E-state index contributed by atoms with van der Waals surface area (Å²) in [6.45, 7) is 2.02. The van der Waals surface area contributed by atoms with Crippen molar-refractivity contribution in [1.29, 1.82) is 0 Å². The molecule has 0 aromatic heterocycles. The van der Waals surface area contributed by atoms with Crippen LogP contribution in [0.2, 0.25) is 0 Å². The Hall–Kier alpha value is -3.10. The third-order valence-electron chi connectivity index (χ3n) is 5.67. The van der Waals surface area contributed by atoms with Crippen molar-refractivity contribution < 1.29 is 23.9 Å². The molecule has 0 radical (unpaired) electrons. The Balaban J connectivity index is 1.52. The number of amides is 5. The fraction of sp³-hybridized carbons (Fsp3) is 0.524. The maximum Gasteiger partial charge on any atom is 0.325 e. The van der Waals surface area contributed by atoms with Gasteiger partial charge in [-0.1, -0.05) is 18.9 Å². The van der Waals surface area contributed by atoms with E-state index in [1.165, 1.54) is 4.90 Å². The van der Waals surface area contributed by atoms with Gasteiger partial charge in [-0.05, 0) is 31.9 Å². The van der Waals surface area contributed by atoms with Crippen molar-refractivity contribution in [2.75, 3.05) is 32.1 Å². The predicted octanol–water partition coefficient (Wildman–Crippen LogP) is 1.74. The van der Waals surface area contributed by atoms with E-state index < -0.39 is 11.6 Å². The number of urea groups is 1. The van der Waals surface area contributed by atoms with Crippen LogP contribution < -0.4 is 15.4 Å². The van der Waals surface area contributed by atoms with Crippen LogP contribution in [0.25, 0.3) is 0 Å². The highest BCUT2D eigenvalue weighted by molar-refractivity contribution is 6.07. The van der Waals surface area contributed by atoms with Gasteiger partial charge in [0, 0.05) is 31.3 Å². The molecule has 0 atom stereocenters. The third kappa shape index (κ3) is 4.55. The molecule has 1 spiro atoms. The standard InChI is InChI=1S/C21H28N4O5/c1-3-24(14-17(26)22-15-7-6-8-16(13-15)30-2)18(27)9-12-25-19(28)21(23-20(25)29)10-4-5-11-21/h6-8,13H,3-5,9-12,14H2,1-2H3,(H,22,26)(H,23,29). The van der Waals surface area contributed by atoms with Crippen molar-refractivity contribution in [1.82, 2.24) is 15.1 Å². The smallest absolute Gasteiger partial charge is 0.325 e. The molecule has 1 aromatic carbocycles. The first kappa shape index (κ1) is 21.6. The summed E-state index contributed by atoms with van der Waals surface area (Å²) < 4.78 is 5.13. The molecule has 1 aliphatic heterocycles.